The Kier molecular flexibility index (Phi) is 8.15. The van der Waals surface area contributed by atoms with Gasteiger partial charge < -0.3 is 9.80 Å². The lowest BCUT2D eigenvalue weighted by Gasteiger charge is -2.35. The molecule has 1 fully saturated rings. The molecule has 0 unspecified atom stereocenters. The molecule has 0 aliphatic carbocycles. The van der Waals surface area contributed by atoms with Gasteiger partial charge in [-0.2, -0.15) is 5.10 Å². The number of fused-ring (bicyclic) bond motifs is 1. The molecule has 1 saturated heterocycles. The first-order valence-electron chi connectivity index (χ1n) is 11.3. The molecule has 1 N–H and O–H groups in total. The average molecular weight is 456 g/mol. The fourth-order valence-corrected chi connectivity index (χ4v) is 4.51. The number of aryl methyl sites for hydroxylation is 1. The van der Waals surface area contributed by atoms with Crippen molar-refractivity contribution < 1.29 is 4.79 Å². The summed E-state index contributed by atoms with van der Waals surface area (Å²) in [5.74, 6) is 1.18. The van der Waals surface area contributed by atoms with E-state index in [-0.39, 0.29) is 18.3 Å². The highest BCUT2D eigenvalue weighted by Crippen LogP contribution is 2.25. The summed E-state index contributed by atoms with van der Waals surface area (Å²) < 4.78 is 0. The van der Waals surface area contributed by atoms with Gasteiger partial charge in [-0.3, -0.25) is 14.8 Å². The SMILES string of the molecule is CCCN(C(C)=O)c1ccc(CCN2CCN(c3n[nH]c4ccccc34)CC2)cc1C.Cl. The number of carbonyl (C=O) groups excluding carboxylic acids is 1. The van der Waals surface area contributed by atoms with Crippen molar-refractivity contribution in [2.45, 2.75) is 33.6 Å². The van der Waals surface area contributed by atoms with Gasteiger partial charge in [-0.05, 0) is 49.1 Å². The zero-order valence-corrected chi connectivity index (χ0v) is 20.1. The van der Waals surface area contributed by atoms with Gasteiger partial charge in [0, 0.05) is 57.3 Å². The summed E-state index contributed by atoms with van der Waals surface area (Å²) in [5, 5.41) is 8.90. The van der Waals surface area contributed by atoms with E-state index in [1.807, 2.05) is 11.0 Å². The summed E-state index contributed by atoms with van der Waals surface area (Å²) >= 11 is 0. The molecule has 1 aliphatic rings. The van der Waals surface area contributed by atoms with Crippen molar-refractivity contribution in [3.05, 3.63) is 53.6 Å². The van der Waals surface area contributed by atoms with E-state index in [9.17, 15) is 4.79 Å². The summed E-state index contributed by atoms with van der Waals surface area (Å²) in [7, 11) is 0. The highest BCUT2D eigenvalue weighted by atomic mass is 35.5. The second kappa shape index (κ2) is 10.8. The lowest BCUT2D eigenvalue weighted by atomic mass is 10.1. The summed E-state index contributed by atoms with van der Waals surface area (Å²) in [6.07, 6.45) is 1.99. The molecule has 32 heavy (non-hydrogen) atoms. The summed E-state index contributed by atoms with van der Waals surface area (Å²) in [6, 6.07) is 14.9. The predicted octanol–water partition coefficient (Wildman–Crippen LogP) is 4.42. The number of rotatable bonds is 7. The van der Waals surface area contributed by atoms with Crippen molar-refractivity contribution in [2.24, 2.45) is 0 Å². The van der Waals surface area contributed by atoms with E-state index < -0.39 is 0 Å². The van der Waals surface area contributed by atoms with E-state index in [0.717, 1.165) is 69.1 Å². The monoisotopic (exact) mass is 455 g/mol. The van der Waals surface area contributed by atoms with Crippen molar-refractivity contribution in [1.29, 1.82) is 0 Å². The van der Waals surface area contributed by atoms with Crippen LogP contribution in [0.1, 0.15) is 31.4 Å². The highest BCUT2D eigenvalue weighted by molar-refractivity contribution is 5.92. The summed E-state index contributed by atoms with van der Waals surface area (Å²) in [5.41, 5.74) is 4.65. The molecule has 2 heterocycles. The molecular formula is C25H34ClN5O. The maximum atomic E-state index is 12.0. The molecule has 0 spiro atoms. The number of hydrogen-bond acceptors (Lipinski definition) is 4. The van der Waals surface area contributed by atoms with E-state index in [4.69, 9.17) is 0 Å². The first-order valence-corrected chi connectivity index (χ1v) is 11.3. The Morgan fingerprint density at radius 2 is 1.88 bits per heavy atom. The van der Waals surface area contributed by atoms with E-state index >= 15 is 0 Å². The van der Waals surface area contributed by atoms with Gasteiger partial charge >= 0.3 is 0 Å². The van der Waals surface area contributed by atoms with Crippen LogP contribution in [0.2, 0.25) is 0 Å². The zero-order valence-electron chi connectivity index (χ0n) is 19.3. The molecule has 6 nitrogen and oxygen atoms in total. The van der Waals surface area contributed by atoms with Crippen LogP contribution in [0.25, 0.3) is 10.9 Å². The van der Waals surface area contributed by atoms with Crippen LogP contribution in [0.15, 0.2) is 42.5 Å². The van der Waals surface area contributed by atoms with Crippen LogP contribution < -0.4 is 9.80 Å². The molecule has 0 atom stereocenters. The number of nitrogens with zero attached hydrogens (tertiary/aromatic N) is 4. The third-order valence-electron chi connectivity index (χ3n) is 6.22. The van der Waals surface area contributed by atoms with Crippen LogP contribution in [0.5, 0.6) is 0 Å². The Balaban J connectivity index is 0.00000289. The molecule has 3 aromatic rings. The van der Waals surface area contributed by atoms with Gasteiger partial charge in [0.1, 0.15) is 0 Å². The molecule has 0 radical (unpaired) electrons. The van der Waals surface area contributed by atoms with Gasteiger partial charge in [0.15, 0.2) is 5.82 Å². The first kappa shape index (κ1) is 24.1. The molecule has 0 saturated carbocycles. The van der Waals surface area contributed by atoms with E-state index in [1.165, 1.54) is 16.5 Å². The Bertz CT molecular complexity index is 1040. The van der Waals surface area contributed by atoms with Crippen LogP contribution in [0, 0.1) is 6.92 Å². The minimum Gasteiger partial charge on any atom is -0.352 e. The molecule has 7 heteroatoms. The molecule has 1 aliphatic heterocycles. The van der Waals surface area contributed by atoms with Gasteiger partial charge in [-0.25, -0.2) is 0 Å². The molecule has 2 aromatic carbocycles. The van der Waals surface area contributed by atoms with Crippen LogP contribution in [0.4, 0.5) is 11.5 Å². The Morgan fingerprint density at radius 3 is 2.56 bits per heavy atom. The van der Waals surface area contributed by atoms with E-state index in [2.05, 4.69) is 70.2 Å². The molecule has 1 aromatic heterocycles. The fraction of sp³-hybridized carbons (Fsp3) is 0.440. The lowest BCUT2D eigenvalue weighted by molar-refractivity contribution is -0.116. The first-order chi connectivity index (χ1) is 15.1. The second-order valence-corrected chi connectivity index (χ2v) is 8.46. The number of piperazine rings is 1. The maximum Gasteiger partial charge on any atom is 0.223 e. The van der Waals surface area contributed by atoms with Crippen molar-refractivity contribution in [1.82, 2.24) is 15.1 Å². The number of amides is 1. The zero-order chi connectivity index (χ0) is 21.8. The summed E-state index contributed by atoms with van der Waals surface area (Å²) in [4.78, 5) is 18.8. The minimum atomic E-state index is 0. The minimum absolute atomic E-state index is 0. The van der Waals surface area contributed by atoms with Crippen LogP contribution in [0.3, 0.4) is 0 Å². The maximum absolute atomic E-state index is 12.0. The molecule has 1 amide bonds. The smallest absolute Gasteiger partial charge is 0.223 e. The number of nitrogens with one attached hydrogen (secondary N) is 1. The van der Waals surface area contributed by atoms with Gasteiger partial charge in [0.25, 0.3) is 0 Å². The number of aromatic nitrogens is 2. The number of para-hydroxylation sites is 1. The van der Waals surface area contributed by atoms with Crippen molar-refractivity contribution in [2.75, 3.05) is 49.1 Å². The predicted molar refractivity (Wildman–Crippen MR) is 135 cm³/mol. The third kappa shape index (κ3) is 5.25. The van der Waals surface area contributed by atoms with Crippen LogP contribution >= 0.6 is 12.4 Å². The quantitative estimate of drug-likeness (QED) is 0.573. The van der Waals surface area contributed by atoms with Gasteiger partial charge in [-0.1, -0.05) is 31.2 Å². The van der Waals surface area contributed by atoms with Gasteiger partial charge in [0.2, 0.25) is 5.91 Å². The average Bonchev–Trinajstić information content (AvgIpc) is 3.21. The number of aromatic amines is 1. The van der Waals surface area contributed by atoms with Crippen LogP contribution in [-0.2, 0) is 11.2 Å². The lowest BCUT2D eigenvalue weighted by Crippen LogP contribution is -2.47. The van der Waals surface area contributed by atoms with Gasteiger partial charge in [0.05, 0.1) is 5.52 Å². The molecule has 4 rings (SSSR count). The molecular weight excluding hydrogens is 422 g/mol. The Morgan fingerprint density at radius 1 is 1.12 bits per heavy atom. The second-order valence-electron chi connectivity index (χ2n) is 8.46. The van der Waals surface area contributed by atoms with Crippen molar-refractivity contribution in [3.63, 3.8) is 0 Å². The number of benzene rings is 2. The fourth-order valence-electron chi connectivity index (χ4n) is 4.51. The number of carbonyl (C=O) groups is 1. The molecule has 172 valence electrons. The number of hydrogen-bond donors (Lipinski definition) is 1. The molecule has 0 bridgehead atoms. The third-order valence-corrected chi connectivity index (χ3v) is 6.22. The highest BCUT2D eigenvalue weighted by Gasteiger charge is 2.20. The standard InChI is InChI=1S/C25H33N5O.ClH/c1-4-12-30(20(3)31)24-10-9-21(18-19(24)2)11-13-28-14-16-29(17-15-28)25-22-7-5-6-8-23(22)26-27-25;/h5-10,18H,4,11-17H2,1-3H3,(H,26,27);1H. The normalized spacial score (nSPS) is 14.4. The largest absolute Gasteiger partial charge is 0.352 e. The Hall–Kier alpha value is -2.57. The van der Waals surface area contributed by atoms with Gasteiger partial charge in [-0.15, -0.1) is 12.4 Å². The number of H-pyrrole nitrogens is 1. The summed E-state index contributed by atoms with van der Waals surface area (Å²) in [6.45, 7) is 11.8. The van der Waals surface area contributed by atoms with E-state index in [0.29, 0.717) is 0 Å². The van der Waals surface area contributed by atoms with E-state index in [1.54, 1.807) is 6.92 Å². The number of anilines is 2. The van der Waals surface area contributed by atoms with Crippen molar-refractivity contribution in [3.8, 4) is 0 Å². The topological polar surface area (TPSA) is 55.5 Å². The number of halogens is 1. The van der Waals surface area contributed by atoms with Crippen LogP contribution in [-0.4, -0.2) is 60.3 Å². The van der Waals surface area contributed by atoms with Crippen molar-refractivity contribution >= 4 is 40.7 Å². The Labute approximate surface area is 197 Å².